The number of aromatic amines is 1. The molecule has 0 aliphatic rings. The standard InChI is InChI=1S/C13H12N4O2/c14-7-10-1-2-11(17-10)13(19)16-8-12(18)9-3-5-15-6-4-9/h1-6,12,17-18H,8H2,(H,16,19). The van der Waals surface area contributed by atoms with E-state index in [9.17, 15) is 9.90 Å². The molecule has 0 saturated heterocycles. The van der Waals surface area contributed by atoms with Gasteiger partial charge >= 0.3 is 0 Å². The average Bonchev–Trinajstić information content (AvgIpc) is 2.94. The van der Waals surface area contributed by atoms with Crippen molar-refractivity contribution in [2.45, 2.75) is 6.10 Å². The first-order chi connectivity index (χ1) is 9.20. The van der Waals surface area contributed by atoms with E-state index < -0.39 is 6.10 Å². The van der Waals surface area contributed by atoms with E-state index in [4.69, 9.17) is 5.26 Å². The van der Waals surface area contributed by atoms with Crippen LogP contribution in [0.5, 0.6) is 0 Å². The summed E-state index contributed by atoms with van der Waals surface area (Å²) in [7, 11) is 0. The molecular weight excluding hydrogens is 244 g/mol. The molecule has 2 rings (SSSR count). The third-order valence-corrected chi connectivity index (χ3v) is 2.60. The number of nitrogens with one attached hydrogen (secondary N) is 2. The Morgan fingerprint density at radius 3 is 2.79 bits per heavy atom. The van der Waals surface area contributed by atoms with Gasteiger partial charge in [-0.05, 0) is 29.8 Å². The van der Waals surface area contributed by atoms with Crippen molar-refractivity contribution in [2.24, 2.45) is 0 Å². The van der Waals surface area contributed by atoms with Gasteiger partial charge in [0.25, 0.3) is 5.91 Å². The van der Waals surface area contributed by atoms with Gasteiger partial charge in [-0.2, -0.15) is 5.26 Å². The Hall–Kier alpha value is -2.65. The Morgan fingerprint density at radius 2 is 2.16 bits per heavy atom. The van der Waals surface area contributed by atoms with Crippen LogP contribution in [0.1, 0.15) is 27.8 Å². The normalized spacial score (nSPS) is 11.6. The molecule has 2 aromatic heterocycles. The summed E-state index contributed by atoms with van der Waals surface area (Å²) in [6.45, 7) is 0.0871. The molecule has 3 N–H and O–H groups in total. The molecule has 0 fully saturated rings. The molecule has 0 aliphatic heterocycles. The zero-order valence-electron chi connectivity index (χ0n) is 10.00. The van der Waals surface area contributed by atoms with Crippen LogP contribution in [-0.4, -0.2) is 27.5 Å². The predicted octanol–water partition coefficient (Wildman–Crippen LogP) is 0.745. The van der Waals surface area contributed by atoms with E-state index >= 15 is 0 Å². The molecule has 0 bridgehead atoms. The van der Waals surface area contributed by atoms with Gasteiger partial charge in [0, 0.05) is 18.9 Å². The minimum atomic E-state index is -0.794. The number of nitrogens with zero attached hydrogens (tertiary/aromatic N) is 2. The number of aliphatic hydroxyl groups excluding tert-OH is 1. The number of H-pyrrole nitrogens is 1. The van der Waals surface area contributed by atoms with Crippen LogP contribution >= 0.6 is 0 Å². The molecule has 0 aromatic carbocycles. The monoisotopic (exact) mass is 256 g/mol. The van der Waals surface area contributed by atoms with Gasteiger partial charge in [-0.3, -0.25) is 9.78 Å². The summed E-state index contributed by atoms with van der Waals surface area (Å²) < 4.78 is 0. The van der Waals surface area contributed by atoms with E-state index in [0.29, 0.717) is 17.0 Å². The lowest BCUT2D eigenvalue weighted by atomic mass is 10.1. The number of amides is 1. The largest absolute Gasteiger partial charge is 0.387 e. The predicted molar refractivity (Wildman–Crippen MR) is 67.0 cm³/mol. The smallest absolute Gasteiger partial charge is 0.267 e. The Kier molecular flexibility index (Phi) is 3.90. The van der Waals surface area contributed by atoms with Crippen LogP contribution in [0, 0.1) is 11.3 Å². The fourth-order valence-corrected chi connectivity index (χ4v) is 1.58. The SMILES string of the molecule is N#Cc1ccc(C(=O)NCC(O)c2ccncc2)[nH]1. The van der Waals surface area contributed by atoms with Crippen molar-refractivity contribution < 1.29 is 9.90 Å². The molecule has 0 saturated carbocycles. The van der Waals surface area contributed by atoms with Crippen molar-refractivity contribution in [2.75, 3.05) is 6.54 Å². The molecule has 1 amide bonds. The van der Waals surface area contributed by atoms with Crippen molar-refractivity contribution in [3.05, 3.63) is 53.6 Å². The second kappa shape index (κ2) is 5.80. The first kappa shape index (κ1) is 12.8. The maximum atomic E-state index is 11.7. The topological polar surface area (TPSA) is 102 Å². The van der Waals surface area contributed by atoms with E-state index in [1.807, 2.05) is 6.07 Å². The fraction of sp³-hybridized carbons (Fsp3) is 0.154. The zero-order chi connectivity index (χ0) is 13.7. The highest BCUT2D eigenvalue weighted by Gasteiger charge is 2.11. The van der Waals surface area contributed by atoms with E-state index in [0.717, 1.165) is 0 Å². The number of pyridine rings is 1. The quantitative estimate of drug-likeness (QED) is 0.751. The second-order valence-electron chi connectivity index (χ2n) is 3.90. The summed E-state index contributed by atoms with van der Waals surface area (Å²) in [5.74, 6) is -0.366. The Labute approximate surface area is 109 Å². The maximum absolute atomic E-state index is 11.7. The van der Waals surface area contributed by atoms with Crippen LogP contribution in [0.4, 0.5) is 0 Å². The third-order valence-electron chi connectivity index (χ3n) is 2.60. The lowest BCUT2D eigenvalue weighted by Crippen LogP contribution is -2.28. The zero-order valence-corrected chi connectivity index (χ0v) is 10.00. The molecule has 96 valence electrons. The molecule has 0 aliphatic carbocycles. The van der Waals surface area contributed by atoms with Crippen LogP contribution in [-0.2, 0) is 0 Å². The number of rotatable bonds is 4. The van der Waals surface area contributed by atoms with Crippen LogP contribution in [0.2, 0.25) is 0 Å². The summed E-state index contributed by atoms with van der Waals surface area (Å²) >= 11 is 0. The minimum absolute atomic E-state index is 0.0871. The summed E-state index contributed by atoms with van der Waals surface area (Å²) in [5, 5.41) is 21.1. The molecule has 6 nitrogen and oxygen atoms in total. The summed E-state index contributed by atoms with van der Waals surface area (Å²) in [5.41, 5.74) is 1.29. The minimum Gasteiger partial charge on any atom is -0.387 e. The highest BCUT2D eigenvalue weighted by Crippen LogP contribution is 2.10. The molecular formula is C13H12N4O2. The van der Waals surface area contributed by atoms with E-state index in [1.54, 1.807) is 24.5 Å². The third kappa shape index (κ3) is 3.18. The van der Waals surface area contributed by atoms with Crippen molar-refractivity contribution in [3.8, 4) is 6.07 Å². The van der Waals surface area contributed by atoms with Crippen LogP contribution in [0.3, 0.4) is 0 Å². The van der Waals surface area contributed by atoms with Crippen molar-refractivity contribution in [1.29, 1.82) is 5.26 Å². The number of hydrogen-bond donors (Lipinski definition) is 3. The van der Waals surface area contributed by atoms with Gasteiger partial charge in [0.2, 0.25) is 0 Å². The van der Waals surface area contributed by atoms with Gasteiger partial charge in [0.1, 0.15) is 17.5 Å². The Bertz CT molecular complexity index is 601. The molecule has 19 heavy (non-hydrogen) atoms. The maximum Gasteiger partial charge on any atom is 0.267 e. The fourth-order valence-electron chi connectivity index (χ4n) is 1.58. The first-order valence-corrected chi connectivity index (χ1v) is 5.66. The number of aromatic nitrogens is 2. The number of carbonyl (C=O) groups excluding carboxylic acids is 1. The number of nitriles is 1. The molecule has 6 heteroatoms. The molecule has 1 unspecified atom stereocenters. The summed E-state index contributed by atoms with van der Waals surface area (Å²) in [6.07, 6.45) is 2.35. The van der Waals surface area contributed by atoms with Crippen molar-refractivity contribution in [1.82, 2.24) is 15.3 Å². The second-order valence-corrected chi connectivity index (χ2v) is 3.90. The molecule has 2 heterocycles. The lowest BCUT2D eigenvalue weighted by molar-refractivity contribution is 0.0912. The first-order valence-electron chi connectivity index (χ1n) is 5.66. The summed E-state index contributed by atoms with van der Waals surface area (Å²) in [4.78, 5) is 18.2. The molecule has 1 atom stereocenters. The van der Waals surface area contributed by atoms with E-state index in [-0.39, 0.29) is 12.5 Å². The lowest BCUT2D eigenvalue weighted by Gasteiger charge is -2.11. The van der Waals surface area contributed by atoms with Crippen LogP contribution in [0.25, 0.3) is 0 Å². The molecule has 0 radical (unpaired) electrons. The van der Waals surface area contributed by atoms with Gasteiger partial charge in [0.15, 0.2) is 0 Å². The van der Waals surface area contributed by atoms with Gasteiger partial charge in [-0.25, -0.2) is 0 Å². The van der Waals surface area contributed by atoms with Gasteiger partial charge in [0.05, 0.1) is 6.10 Å². The van der Waals surface area contributed by atoms with Gasteiger partial charge < -0.3 is 15.4 Å². The Balaban J connectivity index is 1.92. The number of aliphatic hydroxyl groups is 1. The van der Waals surface area contributed by atoms with E-state index in [2.05, 4.69) is 15.3 Å². The van der Waals surface area contributed by atoms with Crippen LogP contribution in [0.15, 0.2) is 36.7 Å². The van der Waals surface area contributed by atoms with Gasteiger partial charge in [-0.15, -0.1) is 0 Å². The van der Waals surface area contributed by atoms with Crippen molar-refractivity contribution in [3.63, 3.8) is 0 Å². The highest BCUT2D eigenvalue weighted by molar-refractivity contribution is 5.92. The highest BCUT2D eigenvalue weighted by atomic mass is 16.3. The average molecular weight is 256 g/mol. The number of hydrogen-bond acceptors (Lipinski definition) is 4. The Morgan fingerprint density at radius 1 is 1.42 bits per heavy atom. The van der Waals surface area contributed by atoms with Crippen LogP contribution < -0.4 is 5.32 Å². The molecule has 2 aromatic rings. The number of carbonyl (C=O) groups is 1. The van der Waals surface area contributed by atoms with Crippen molar-refractivity contribution >= 4 is 5.91 Å². The molecule has 0 spiro atoms. The van der Waals surface area contributed by atoms with Gasteiger partial charge in [-0.1, -0.05) is 0 Å². The van der Waals surface area contributed by atoms with E-state index in [1.165, 1.54) is 12.1 Å². The summed E-state index contributed by atoms with van der Waals surface area (Å²) in [6, 6.07) is 8.30.